The van der Waals surface area contributed by atoms with Gasteiger partial charge in [-0.05, 0) is 56.4 Å². The molecule has 0 aromatic heterocycles. The first-order valence-corrected chi connectivity index (χ1v) is 8.43. The maximum Gasteiger partial charge on any atom is 0.155 e. The average Bonchev–Trinajstić information content (AvgIpc) is 2.35. The van der Waals surface area contributed by atoms with Crippen LogP contribution in [0.2, 0.25) is 0 Å². The molecule has 0 rings (SSSR count). The van der Waals surface area contributed by atoms with Crippen molar-refractivity contribution in [3.05, 3.63) is 22.8 Å². The summed E-state index contributed by atoms with van der Waals surface area (Å²) in [5.74, 6) is 1.31. The first kappa shape index (κ1) is 27.7. The third-order valence-electron chi connectivity index (χ3n) is 4.42. The maximum absolute atomic E-state index is 11.9. The molecule has 0 spiro atoms. The van der Waals surface area contributed by atoms with Crippen molar-refractivity contribution in [1.29, 1.82) is 0 Å². The van der Waals surface area contributed by atoms with Gasteiger partial charge < -0.3 is 0 Å². The van der Waals surface area contributed by atoms with E-state index >= 15 is 0 Å². The van der Waals surface area contributed by atoms with Crippen LogP contribution in [0.1, 0.15) is 81.6 Å². The monoisotopic (exact) mass is 360 g/mol. The summed E-state index contributed by atoms with van der Waals surface area (Å²) in [6, 6.07) is 0. The van der Waals surface area contributed by atoms with Gasteiger partial charge in [0.25, 0.3) is 0 Å². The van der Waals surface area contributed by atoms with E-state index in [4.69, 9.17) is 0 Å². The summed E-state index contributed by atoms with van der Waals surface area (Å²) >= 11 is 0. The Kier molecular flexibility index (Phi) is 14.7. The zero-order valence-corrected chi connectivity index (χ0v) is 18.8. The van der Waals surface area contributed by atoms with Gasteiger partial charge in [-0.3, -0.25) is 4.79 Å². The van der Waals surface area contributed by atoms with Crippen molar-refractivity contribution in [2.45, 2.75) is 81.6 Å². The third kappa shape index (κ3) is 9.66. The quantitative estimate of drug-likeness (QED) is 0.370. The van der Waals surface area contributed by atoms with Crippen LogP contribution in [0.3, 0.4) is 0 Å². The minimum absolute atomic E-state index is 0. The van der Waals surface area contributed by atoms with Crippen LogP contribution in [0.25, 0.3) is 0 Å². The summed E-state index contributed by atoms with van der Waals surface area (Å²) < 4.78 is 0. The van der Waals surface area contributed by atoms with Crippen LogP contribution in [0.4, 0.5) is 0 Å². The Morgan fingerprint density at radius 2 is 1.48 bits per heavy atom. The van der Waals surface area contributed by atoms with Crippen molar-refractivity contribution in [3.8, 4) is 0 Å². The van der Waals surface area contributed by atoms with Gasteiger partial charge in [-0.1, -0.05) is 65.2 Å². The first-order valence-electron chi connectivity index (χ1n) is 8.43. The van der Waals surface area contributed by atoms with Crippen molar-refractivity contribution < 1.29 is 4.79 Å². The van der Waals surface area contributed by atoms with E-state index in [0.29, 0.717) is 11.8 Å². The standard InChI is InChI=1S/C20H36O.2H2S/c1-10-14(3)12-15(4)13-18(11-2)19(20(7,8)9)16(5)17(6)21;;/h12,14,18H,10-11,13H2,1-9H3;2*1H2/b15-12+,19-16-;;. The smallest absolute Gasteiger partial charge is 0.155 e. The molecule has 0 amide bonds. The van der Waals surface area contributed by atoms with Crippen molar-refractivity contribution in [1.82, 2.24) is 0 Å². The summed E-state index contributed by atoms with van der Waals surface area (Å²) in [5, 5.41) is 0. The molecule has 2 atom stereocenters. The fourth-order valence-corrected chi connectivity index (χ4v) is 3.18. The van der Waals surface area contributed by atoms with Gasteiger partial charge in [0.1, 0.15) is 0 Å². The number of allylic oxidation sites excluding steroid dienone is 4. The predicted molar refractivity (Wildman–Crippen MR) is 115 cm³/mol. The lowest BCUT2D eigenvalue weighted by molar-refractivity contribution is -0.113. The van der Waals surface area contributed by atoms with Gasteiger partial charge in [-0.2, -0.15) is 27.0 Å². The van der Waals surface area contributed by atoms with Gasteiger partial charge in [0.15, 0.2) is 5.78 Å². The molecule has 0 radical (unpaired) electrons. The molecule has 1 nitrogen and oxygen atoms in total. The summed E-state index contributed by atoms with van der Waals surface area (Å²) in [4.78, 5) is 11.9. The van der Waals surface area contributed by atoms with E-state index in [-0.39, 0.29) is 38.2 Å². The lowest BCUT2D eigenvalue weighted by Gasteiger charge is -2.32. The Morgan fingerprint density at radius 1 is 1.00 bits per heavy atom. The predicted octanol–water partition coefficient (Wildman–Crippen LogP) is 6.57. The maximum atomic E-state index is 11.9. The lowest BCUT2D eigenvalue weighted by atomic mass is 9.72. The molecule has 0 bridgehead atoms. The molecule has 0 heterocycles. The zero-order valence-electron chi connectivity index (χ0n) is 16.8. The fraction of sp³-hybridized carbons (Fsp3) is 0.750. The Morgan fingerprint density at radius 3 is 1.78 bits per heavy atom. The molecule has 0 aliphatic heterocycles. The van der Waals surface area contributed by atoms with Crippen molar-refractivity contribution in [2.24, 2.45) is 17.3 Å². The highest BCUT2D eigenvalue weighted by Gasteiger charge is 2.27. The highest BCUT2D eigenvalue weighted by Crippen LogP contribution is 2.39. The molecule has 0 saturated heterocycles. The highest BCUT2D eigenvalue weighted by atomic mass is 32.1. The molecule has 0 aromatic rings. The molecule has 0 fully saturated rings. The van der Waals surface area contributed by atoms with Crippen LogP contribution < -0.4 is 0 Å². The number of ketones is 1. The van der Waals surface area contributed by atoms with E-state index in [1.54, 1.807) is 6.92 Å². The molecule has 23 heavy (non-hydrogen) atoms. The third-order valence-corrected chi connectivity index (χ3v) is 4.42. The van der Waals surface area contributed by atoms with Gasteiger partial charge >= 0.3 is 0 Å². The molecule has 2 unspecified atom stereocenters. The second-order valence-corrected chi connectivity index (χ2v) is 7.55. The molecule has 0 aliphatic rings. The van der Waals surface area contributed by atoms with Crippen LogP contribution in [0, 0.1) is 17.3 Å². The van der Waals surface area contributed by atoms with E-state index in [0.717, 1.165) is 18.4 Å². The van der Waals surface area contributed by atoms with E-state index in [1.165, 1.54) is 17.6 Å². The summed E-state index contributed by atoms with van der Waals surface area (Å²) in [7, 11) is 0. The van der Waals surface area contributed by atoms with Gasteiger partial charge in [-0.15, -0.1) is 0 Å². The minimum Gasteiger partial charge on any atom is -0.295 e. The molecule has 0 N–H and O–H groups in total. The van der Waals surface area contributed by atoms with E-state index in [2.05, 4.69) is 54.5 Å². The fourth-order valence-electron chi connectivity index (χ4n) is 3.18. The average molecular weight is 361 g/mol. The van der Waals surface area contributed by atoms with E-state index in [9.17, 15) is 4.79 Å². The summed E-state index contributed by atoms with van der Waals surface area (Å²) in [5.41, 5.74) is 3.81. The number of hydrogen-bond acceptors (Lipinski definition) is 1. The van der Waals surface area contributed by atoms with Crippen LogP contribution >= 0.6 is 27.0 Å². The zero-order chi connectivity index (χ0) is 16.8. The molecule has 138 valence electrons. The van der Waals surface area contributed by atoms with Gasteiger partial charge in [-0.25, -0.2) is 0 Å². The number of rotatable bonds is 7. The second-order valence-electron chi connectivity index (χ2n) is 7.55. The van der Waals surface area contributed by atoms with Gasteiger partial charge in [0.2, 0.25) is 0 Å². The number of carbonyl (C=O) groups is 1. The normalized spacial score (nSPS) is 15.8. The number of Topliss-reactive ketones (excluding diaryl/α,β-unsaturated/α-hetero) is 1. The topological polar surface area (TPSA) is 17.1 Å². The first-order chi connectivity index (χ1) is 9.54. The Labute approximate surface area is 159 Å². The minimum atomic E-state index is 0. The molecule has 0 aliphatic carbocycles. The number of hydrogen-bond donors (Lipinski definition) is 0. The molecule has 0 saturated carbocycles. The van der Waals surface area contributed by atoms with Crippen molar-refractivity contribution in [3.63, 3.8) is 0 Å². The molecule has 3 heteroatoms. The molecular weight excluding hydrogens is 320 g/mol. The summed E-state index contributed by atoms with van der Waals surface area (Å²) in [6.07, 6.45) is 5.73. The van der Waals surface area contributed by atoms with Crippen molar-refractivity contribution >= 4 is 32.8 Å². The van der Waals surface area contributed by atoms with Gasteiger partial charge in [0.05, 0.1) is 0 Å². The number of carbonyl (C=O) groups excluding carboxylic acids is 1. The van der Waals surface area contributed by atoms with Crippen LogP contribution in [-0.2, 0) is 4.79 Å². The Balaban J connectivity index is -0.00000200. The SMILES string of the molecule is CCC(C)/C=C(\C)CC(CC)/C(=C(\C)C(C)=O)C(C)(C)C.S.S. The summed E-state index contributed by atoms with van der Waals surface area (Å²) in [6.45, 7) is 19.3. The van der Waals surface area contributed by atoms with Crippen LogP contribution in [0.5, 0.6) is 0 Å². The highest BCUT2D eigenvalue weighted by molar-refractivity contribution is 7.59. The second kappa shape index (κ2) is 12.2. The van der Waals surface area contributed by atoms with Crippen LogP contribution in [0.15, 0.2) is 22.8 Å². The Bertz CT molecular complexity index is 414. The molecule has 0 aromatic carbocycles. The lowest BCUT2D eigenvalue weighted by Crippen LogP contribution is -2.22. The largest absolute Gasteiger partial charge is 0.295 e. The van der Waals surface area contributed by atoms with E-state index < -0.39 is 0 Å². The van der Waals surface area contributed by atoms with Gasteiger partial charge in [0, 0.05) is 0 Å². The molecular formula is C20H40OS2. The van der Waals surface area contributed by atoms with E-state index in [1.807, 2.05) is 6.92 Å². The van der Waals surface area contributed by atoms with Crippen molar-refractivity contribution in [2.75, 3.05) is 0 Å². The Hall–Kier alpha value is -0.150. The van der Waals surface area contributed by atoms with Crippen LogP contribution in [-0.4, -0.2) is 5.78 Å².